The third kappa shape index (κ3) is 7.07. The van der Waals surface area contributed by atoms with Crippen molar-refractivity contribution in [3.8, 4) is 0 Å². The number of phosphoric acid groups is 1. The molecule has 0 aliphatic carbocycles. The van der Waals surface area contributed by atoms with Gasteiger partial charge in [0, 0.05) is 12.3 Å². The number of aliphatic hydroxyl groups is 2. The minimum absolute atomic E-state index is 0.0937. The Bertz CT molecular complexity index is 999. The highest BCUT2D eigenvalue weighted by atomic mass is 32.1. The molecule has 0 spiro atoms. The molecule has 0 saturated carbocycles. The molecule has 1 aliphatic rings. The molecule has 1 aliphatic heterocycles. The second kappa shape index (κ2) is 11.9. The molecule has 1 aromatic rings. The molecule has 1 unspecified atom stereocenters. The van der Waals surface area contributed by atoms with Gasteiger partial charge in [-0.25, -0.2) is 23.2 Å². The normalized spacial score (nSPS) is 24.4. The number of carbonyl (C=O) groups excluding carboxylic acids is 2. The van der Waals surface area contributed by atoms with Crippen molar-refractivity contribution in [1.82, 2.24) is 9.55 Å². The molecule has 2 heterocycles. The summed E-state index contributed by atoms with van der Waals surface area (Å²) in [7, 11) is -2.55. The summed E-state index contributed by atoms with van der Waals surface area (Å²) < 4.78 is 51.6. The lowest BCUT2D eigenvalue weighted by Crippen LogP contribution is -2.44. The maximum Gasteiger partial charge on any atom is 0.510 e. The number of carbonyl (C=O) groups is 2. The van der Waals surface area contributed by atoms with Gasteiger partial charge in [0.2, 0.25) is 13.6 Å². The van der Waals surface area contributed by atoms with Crippen molar-refractivity contribution < 1.29 is 61.6 Å². The smallest absolute Gasteiger partial charge is 0.438 e. The molecule has 16 nitrogen and oxygen atoms in total. The summed E-state index contributed by atoms with van der Waals surface area (Å²) in [5, 5.41) is 21.3. The van der Waals surface area contributed by atoms with E-state index in [4.69, 9.17) is 30.5 Å². The van der Waals surface area contributed by atoms with E-state index >= 15 is 0 Å². The molecule has 1 aromatic heterocycles. The molecule has 2 rings (SSSR count). The van der Waals surface area contributed by atoms with Crippen LogP contribution in [0.2, 0.25) is 0 Å². The van der Waals surface area contributed by atoms with Gasteiger partial charge in [0.25, 0.3) is 5.56 Å². The average molecular weight is 530 g/mol. The first kappa shape index (κ1) is 27.9. The zero-order valence-corrected chi connectivity index (χ0v) is 19.8. The van der Waals surface area contributed by atoms with E-state index in [0.717, 1.165) is 20.3 Å². The van der Waals surface area contributed by atoms with Crippen molar-refractivity contribution in [1.29, 1.82) is 0 Å². The predicted molar refractivity (Wildman–Crippen MR) is 109 cm³/mol. The first-order valence-corrected chi connectivity index (χ1v) is 11.1. The number of hydrogen-bond donors (Lipinski definition) is 3. The average Bonchev–Trinajstić information content (AvgIpc) is 3.01. The van der Waals surface area contributed by atoms with E-state index in [-0.39, 0.29) is 4.77 Å². The molecule has 34 heavy (non-hydrogen) atoms. The maximum atomic E-state index is 12.8. The van der Waals surface area contributed by atoms with Gasteiger partial charge in [-0.15, -0.1) is 0 Å². The van der Waals surface area contributed by atoms with Crippen LogP contribution in [-0.4, -0.2) is 84.3 Å². The van der Waals surface area contributed by atoms with Crippen molar-refractivity contribution in [2.75, 3.05) is 34.4 Å². The highest BCUT2D eigenvalue weighted by molar-refractivity contribution is 7.71. The van der Waals surface area contributed by atoms with Crippen LogP contribution in [0.25, 0.3) is 0 Å². The Kier molecular flexibility index (Phi) is 9.72. The topological polar surface area (TPSA) is 203 Å². The summed E-state index contributed by atoms with van der Waals surface area (Å²) in [6.07, 6.45) is -5.25. The van der Waals surface area contributed by atoms with E-state index in [9.17, 15) is 29.2 Å². The van der Waals surface area contributed by atoms with Crippen LogP contribution in [0.15, 0.2) is 17.1 Å². The monoisotopic (exact) mass is 530 g/mol. The van der Waals surface area contributed by atoms with Crippen molar-refractivity contribution >= 4 is 32.4 Å². The lowest BCUT2D eigenvalue weighted by Gasteiger charge is -2.28. The number of nitrogens with one attached hydrogen (secondary N) is 1. The summed E-state index contributed by atoms with van der Waals surface area (Å²) in [5.41, 5.74) is -2.42. The second-order valence-electron chi connectivity index (χ2n) is 6.65. The van der Waals surface area contributed by atoms with Gasteiger partial charge in [-0.2, -0.15) is 0 Å². The lowest BCUT2D eigenvalue weighted by atomic mass is 9.96. The van der Waals surface area contributed by atoms with Crippen LogP contribution in [0.3, 0.4) is 0 Å². The summed E-state index contributed by atoms with van der Waals surface area (Å²) in [5.74, 6) is 0. The zero-order valence-electron chi connectivity index (χ0n) is 18.1. The van der Waals surface area contributed by atoms with Gasteiger partial charge in [0.05, 0.1) is 20.8 Å². The number of aromatic nitrogens is 2. The first-order chi connectivity index (χ1) is 15.9. The van der Waals surface area contributed by atoms with Gasteiger partial charge in [-0.1, -0.05) is 0 Å². The molecule has 0 amide bonds. The van der Waals surface area contributed by atoms with E-state index in [1.54, 1.807) is 0 Å². The van der Waals surface area contributed by atoms with Gasteiger partial charge < -0.3 is 33.9 Å². The van der Waals surface area contributed by atoms with E-state index in [2.05, 4.69) is 23.9 Å². The van der Waals surface area contributed by atoms with E-state index in [1.165, 1.54) is 17.7 Å². The Labute approximate surface area is 196 Å². The third-order valence-corrected chi connectivity index (χ3v) is 5.99. The highest BCUT2D eigenvalue weighted by Gasteiger charge is 2.53. The van der Waals surface area contributed by atoms with Crippen molar-refractivity contribution in [2.45, 2.75) is 31.0 Å². The van der Waals surface area contributed by atoms with Crippen LogP contribution in [0.5, 0.6) is 0 Å². The van der Waals surface area contributed by atoms with Gasteiger partial charge in [-0.05, 0) is 19.1 Å². The minimum atomic E-state index is -4.59. The summed E-state index contributed by atoms with van der Waals surface area (Å²) >= 11 is 5.05. The Morgan fingerprint density at radius 1 is 1.21 bits per heavy atom. The standard InChI is InChI=1S/C16H23N2O14PS/c1-16(23)11(20)9(32-12(16)18-5-4-10(19)17-13(18)34)6-29-33(24,30-7-27-14(21)25-2)31-8-28-15(22)26-3/h4-5,9,11-12,20,23H,6-8H2,1-3H3,(H,17,19,34)/t9-,11?,12-,16-/m1/s1. The fourth-order valence-electron chi connectivity index (χ4n) is 2.66. The number of hydrogen-bond acceptors (Lipinski definition) is 15. The number of rotatable bonds is 10. The summed E-state index contributed by atoms with van der Waals surface area (Å²) in [6, 6.07) is 1.13. The number of phosphoric ester groups is 1. The molecule has 18 heteroatoms. The van der Waals surface area contributed by atoms with Crippen LogP contribution in [0.1, 0.15) is 13.2 Å². The fraction of sp³-hybridized carbons (Fsp3) is 0.625. The van der Waals surface area contributed by atoms with E-state index in [1.807, 2.05) is 0 Å². The van der Waals surface area contributed by atoms with Gasteiger partial charge in [0.1, 0.15) is 17.8 Å². The molecular formula is C16H23N2O14PS. The minimum Gasteiger partial charge on any atom is -0.438 e. The van der Waals surface area contributed by atoms with E-state index < -0.39 is 69.9 Å². The number of H-pyrrole nitrogens is 1. The SMILES string of the molecule is COC(=O)OCOP(=O)(OCOC(=O)OC)OC[C@H]1O[C@@H](n2ccc(=O)[nH]c2=S)[C@](C)(O)C1O. The van der Waals surface area contributed by atoms with Gasteiger partial charge in [0.15, 0.2) is 11.0 Å². The van der Waals surface area contributed by atoms with Crippen LogP contribution in [-0.2, 0) is 41.8 Å². The molecule has 0 radical (unpaired) electrons. The van der Waals surface area contributed by atoms with Crippen molar-refractivity contribution in [3.63, 3.8) is 0 Å². The summed E-state index contributed by atoms with van der Waals surface area (Å²) in [4.78, 5) is 35.8. The first-order valence-electron chi connectivity index (χ1n) is 9.26. The maximum absolute atomic E-state index is 12.8. The third-order valence-electron chi connectivity index (χ3n) is 4.36. The molecule has 0 bridgehead atoms. The van der Waals surface area contributed by atoms with Crippen LogP contribution >= 0.6 is 20.0 Å². The Morgan fingerprint density at radius 2 is 1.76 bits per heavy atom. The molecule has 192 valence electrons. The quantitative estimate of drug-likeness (QED) is 0.164. The number of nitrogens with zero attached hydrogens (tertiary/aromatic N) is 1. The van der Waals surface area contributed by atoms with Crippen LogP contribution in [0.4, 0.5) is 9.59 Å². The molecule has 3 N–H and O–H groups in total. The van der Waals surface area contributed by atoms with Gasteiger partial charge in [-0.3, -0.25) is 18.9 Å². The molecule has 0 aromatic carbocycles. The Balaban J connectivity index is 2.11. The molecule has 1 fully saturated rings. The fourth-order valence-corrected chi connectivity index (χ4v) is 3.84. The van der Waals surface area contributed by atoms with Crippen molar-refractivity contribution in [2.24, 2.45) is 0 Å². The summed E-state index contributed by atoms with van der Waals surface area (Å²) in [6.45, 7) is -1.32. The molecule has 1 saturated heterocycles. The van der Waals surface area contributed by atoms with Crippen LogP contribution < -0.4 is 5.56 Å². The number of ether oxygens (including phenoxy) is 5. The number of aliphatic hydroxyl groups excluding tert-OH is 1. The van der Waals surface area contributed by atoms with Crippen molar-refractivity contribution in [3.05, 3.63) is 27.4 Å². The Hall–Kier alpha value is -2.37. The van der Waals surface area contributed by atoms with Gasteiger partial charge >= 0.3 is 20.1 Å². The zero-order chi connectivity index (χ0) is 25.5. The predicted octanol–water partition coefficient (Wildman–Crippen LogP) is 0.554. The largest absolute Gasteiger partial charge is 0.510 e. The second-order valence-corrected chi connectivity index (χ2v) is 8.70. The van der Waals surface area contributed by atoms with E-state index in [0.29, 0.717) is 0 Å². The Morgan fingerprint density at radius 3 is 2.26 bits per heavy atom. The van der Waals surface area contributed by atoms with Crippen LogP contribution in [0, 0.1) is 4.77 Å². The number of aromatic amines is 1. The lowest BCUT2D eigenvalue weighted by molar-refractivity contribution is -0.0983. The molecule has 4 atom stereocenters. The molecular weight excluding hydrogens is 507 g/mol. The highest BCUT2D eigenvalue weighted by Crippen LogP contribution is 2.50. The number of methoxy groups -OCH3 is 2.